The van der Waals surface area contributed by atoms with Crippen LogP contribution in [-0.2, 0) is 11.2 Å². The molecule has 2 N–H and O–H groups in total. The fourth-order valence-corrected chi connectivity index (χ4v) is 2.85. The fourth-order valence-electron chi connectivity index (χ4n) is 2.85. The second kappa shape index (κ2) is 8.30. The van der Waals surface area contributed by atoms with Crippen molar-refractivity contribution in [3.63, 3.8) is 0 Å². The number of amides is 2. The lowest BCUT2D eigenvalue weighted by Gasteiger charge is -2.11. The Labute approximate surface area is 153 Å². The molecule has 0 atom stereocenters. The van der Waals surface area contributed by atoms with Gasteiger partial charge in [-0.2, -0.15) is 0 Å². The molecule has 3 aromatic carbocycles. The lowest BCUT2D eigenvalue weighted by molar-refractivity contribution is -0.115. The minimum Gasteiger partial charge on any atom is -0.352 e. The number of carbonyl (C=O) groups is 2. The van der Waals surface area contributed by atoms with E-state index in [0.29, 0.717) is 17.8 Å². The largest absolute Gasteiger partial charge is 0.352 e. The first-order valence-corrected chi connectivity index (χ1v) is 8.82. The van der Waals surface area contributed by atoms with Crippen LogP contribution in [0.25, 0.3) is 10.8 Å². The van der Waals surface area contributed by atoms with Gasteiger partial charge in [-0.1, -0.05) is 61.5 Å². The van der Waals surface area contributed by atoms with E-state index in [9.17, 15) is 9.59 Å². The zero-order chi connectivity index (χ0) is 18.4. The van der Waals surface area contributed by atoms with Crippen molar-refractivity contribution in [2.45, 2.75) is 19.8 Å². The Hall–Kier alpha value is -3.14. The average molecular weight is 346 g/mol. The zero-order valence-corrected chi connectivity index (χ0v) is 14.8. The van der Waals surface area contributed by atoms with E-state index >= 15 is 0 Å². The van der Waals surface area contributed by atoms with E-state index in [4.69, 9.17) is 0 Å². The normalized spacial score (nSPS) is 10.5. The molecule has 0 aliphatic rings. The molecule has 26 heavy (non-hydrogen) atoms. The third-order valence-electron chi connectivity index (χ3n) is 4.16. The van der Waals surface area contributed by atoms with Crippen molar-refractivity contribution in [1.29, 1.82) is 0 Å². The van der Waals surface area contributed by atoms with Crippen LogP contribution in [-0.4, -0.2) is 18.4 Å². The van der Waals surface area contributed by atoms with Crippen LogP contribution in [0.4, 0.5) is 5.69 Å². The first-order valence-electron chi connectivity index (χ1n) is 8.82. The van der Waals surface area contributed by atoms with Gasteiger partial charge in [0.1, 0.15) is 0 Å². The van der Waals surface area contributed by atoms with E-state index in [2.05, 4.69) is 10.6 Å². The minimum absolute atomic E-state index is 0.143. The summed E-state index contributed by atoms with van der Waals surface area (Å²) in [6.45, 7) is 2.61. The van der Waals surface area contributed by atoms with Crippen LogP contribution in [0.15, 0.2) is 66.7 Å². The Balaban J connectivity index is 1.72. The molecule has 0 saturated carbocycles. The summed E-state index contributed by atoms with van der Waals surface area (Å²) >= 11 is 0. The van der Waals surface area contributed by atoms with E-state index in [1.54, 1.807) is 18.2 Å². The quantitative estimate of drug-likeness (QED) is 0.704. The summed E-state index contributed by atoms with van der Waals surface area (Å²) in [5.41, 5.74) is 1.95. The highest BCUT2D eigenvalue weighted by Crippen LogP contribution is 2.18. The van der Waals surface area contributed by atoms with Crippen LogP contribution in [0.2, 0.25) is 0 Å². The Morgan fingerprint density at radius 2 is 1.62 bits per heavy atom. The minimum atomic E-state index is -0.173. The van der Waals surface area contributed by atoms with Gasteiger partial charge in [0.15, 0.2) is 0 Å². The van der Waals surface area contributed by atoms with Gasteiger partial charge in [0, 0.05) is 6.54 Å². The molecule has 4 heteroatoms. The lowest BCUT2D eigenvalue weighted by atomic mass is 10.0. The number of benzene rings is 3. The maximum atomic E-state index is 12.5. The molecule has 132 valence electrons. The van der Waals surface area contributed by atoms with E-state index in [1.807, 2.05) is 55.5 Å². The van der Waals surface area contributed by atoms with Gasteiger partial charge in [-0.25, -0.2) is 0 Å². The van der Waals surface area contributed by atoms with Crippen molar-refractivity contribution >= 4 is 28.3 Å². The number of hydrogen-bond acceptors (Lipinski definition) is 2. The standard InChI is InChI=1S/C22H22N2O2/c1-2-13-23-22(26)19-9-5-6-10-20(19)24-21(25)15-16-11-12-17-7-3-4-8-18(17)14-16/h3-12,14H,2,13,15H2,1H3,(H,23,26)(H,24,25). The monoisotopic (exact) mass is 346 g/mol. The Kier molecular flexibility index (Phi) is 5.64. The summed E-state index contributed by atoms with van der Waals surface area (Å²) in [5, 5.41) is 7.96. The SMILES string of the molecule is CCCNC(=O)c1ccccc1NC(=O)Cc1ccc2ccccc2c1. The summed E-state index contributed by atoms with van der Waals surface area (Å²) in [6, 6.07) is 21.1. The summed E-state index contributed by atoms with van der Waals surface area (Å²) in [7, 11) is 0. The maximum absolute atomic E-state index is 12.5. The molecular formula is C22H22N2O2. The molecule has 4 nitrogen and oxygen atoms in total. The lowest BCUT2D eigenvalue weighted by Crippen LogP contribution is -2.26. The Morgan fingerprint density at radius 1 is 0.885 bits per heavy atom. The number of rotatable bonds is 6. The molecule has 0 bridgehead atoms. The molecule has 0 radical (unpaired) electrons. The predicted molar refractivity (Wildman–Crippen MR) is 105 cm³/mol. The zero-order valence-electron chi connectivity index (χ0n) is 14.8. The number of fused-ring (bicyclic) bond motifs is 1. The number of carbonyl (C=O) groups excluding carboxylic acids is 2. The molecule has 3 aromatic rings. The smallest absolute Gasteiger partial charge is 0.253 e. The van der Waals surface area contributed by atoms with Gasteiger partial charge < -0.3 is 10.6 Å². The third-order valence-corrected chi connectivity index (χ3v) is 4.16. The highest BCUT2D eigenvalue weighted by atomic mass is 16.2. The molecule has 0 heterocycles. The Morgan fingerprint density at radius 3 is 2.42 bits per heavy atom. The topological polar surface area (TPSA) is 58.2 Å². The third kappa shape index (κ3) is 4.28. The molecule has 0 spiro atoms. The van der Waals surface area contributed by atoms with Crippen molar-refractivity contribution in [1.82, 2.24) is 5.32 Å². The molecule has 0 aliphatic carbocycles. The van der Waals surface area contributed by atoms with E-state index in [-0.39, 0.29) is 18.2 Å². The molecule has 0 unspecified atom stereocenters. The van der Waals surface area contributed by atoms with Crippen LogP contribution in [0.3, 0.4) is 0 Å². The van der Waals surface area contributed by atoms with Crippen molar-refractivity contribution in [3.05, 3.63) is 77.9 Å². The van der Waals surface area contributed by atoms with Crippen molar-refractivity contribution in [2.75, 3.05) is 11.9 Å². The first-order chi connectivity index (χ1) is 12.7. The molecule has 0 fully saturated rings. The summed E-state index contributed by atoms with van der Waals surface area (Å²) in [5.74, 6) is -0.315. The molecule has 0 saturated heterocycles. The van der Waals surface area contributed by atoms with Crippen molar-refractivity contribution in [2.24, 2.45) is 0 Å². The van der Waals surface area contributed by atoms with E-state index < -0.39 is 0 Å². The molecule has 2 amide bonds. The van der Waals surface area contributed by atoms with Crippen molar-refractivity contribution in [3.8, 4) is 0 Å². The van der Waals surface area contributed by atoms with Crippen LogP contribution in [0.5, 0.6) is 0 Å². The van der Waals surface area contributed by atoms with Gasteiger partial charge >= 0.3 is 0 Å². The fraction of sp³-hybridized carbons (Fsp3) is 0.182. The van der Waals surface area contributed by atoms with Gasteiger partial charge in [-0.3, -0.25) is 9.59 Å². The highest BCUT2D eigenvalue weighted by molar-refractivity contribution is 6.04. The predicted octanol–water partition coefficient (Wildman–Crippen LogP) is 4.16. The van der Waals surface area contributed by atoms with E-state index in [0.717, 1.165) is 22.8 Å². The highest BCUT2D eigenvalue weighted by Gasteiger charge is 2.13. The average Bonchev–Trinajstić information content (AvgIpc) is 2.66. The molecular weight excluding hydrogens is 324 g/mol. The van der Waals surface area contributed by atoms with Gasteiger partial charge in [0.25, 0.3) is 5.91 Å². The van der Waals surface area contributed by atoms with Gasteiger partial charge in [0.2, 0.25) is 5.91 Å². The van der Waals surface area contributed by atoms with Gasteiger partial charge in [-0.15, -0.1) is 0 Å². The second-order valence-corrected chi connectivity index (χ2v) is 6.21. The van der Waals surface area contributed by atoms with E-state index in [1.165, 1.54) is 0 Å². The molecule has 3 rings (SSSR count). The van der Waals surface area contributed by atoms with Crippen LogP contribution in [0, 0.1) is 0 Å². The first kappa shape index (κ1) is 17.7. The maximum Gasteiger partial charge on any atom is 0.253 e. The molecule has 0 aromatic heterocycles. The number of nitrogens with one attached hydrogen (secondary N) is 2. The Bertz CT molecular complexity index is 934. The summed E-state index contributed by atoms with van der Waals surface area (Å²) in [4.78, 5) is 24.7. The van der Waals surface area contributed by atoms with Crippen LogP contribution >= 0.6 is 0 Å². The van der Waals surface area contributed by atoms with Crippen LogP contribution in [0.1, 0.15) is 29.3 Å². The number of hydrogen-bond donors (Lipinski definition) is 2. The summed E-state index contributed by atoms with van der Waals surface area (Å²) < 4.78 is 0. The number of para-hydroxylation sites is 1. The second-order valence-electron chi connectivity index (χ2n) is 6.21. The van der Waals surface area contributed by atoms with Gasteiger partial charge in [-0.05, 0) is 34.9 Å². The summed E-state index contributed by atoms with van der Waals surface area (Å²) in [6.07, 6.45) is 1.12. The van der Waals surface area contributed by atoms with Crippen molar-refractivity contribution < 1.29 is 9.59 Å². The molecule has 0 aliphatic heterocycles. The van der Waals surface area contributed by atoms with Crippen LogP contribution < -0.4 is 10.6 Å². The number of anilines is 1. The van der Waals surface area contributed by atoms with Gasteiger partial charge in [0.05, 0.1) is 17.7 Å².